The number of halogens is 1. The molecule has 0 N–H and O–H groups in total. The SMILES string of the molecule is COC(=O)Cn1c(C)c(C(c2cncs2)S(=O)(=O)c2ccccc2)c2cc(Cl)ccc21. The summed E-state index contributed by atoms with van der Waals surface area (Å²) >= 11 is 7.56. The number of aromatic nitrogens is 2. The van der Waals surface area contributed by atoms with Crippen molar-refractivity contribution in [2.24, 2.45) is 0 Å². The van der Waals surface area contributed by atoms with Crippen molar-refractivity contribution in [1.29, 1.82) is 0 Å². The molecule has 0 aliphatic carbocycles. The van der Waals surface area contributed by atoms with E-state index >= 15 is 0 Å². The molecule has 9 heteroatoms. The lowest BCUT2D eigenvalue weighted by atomic mass is 10.1. The Morgan fingerprint density at radius 3 is 2.61 bits per heavy atom. The van der Waals surface area contributed by atoms with Gasteiger partial charge in [-0.3, -0.25) is 9.78 Å². The monoisotopic (exact) mass is 474 g/mol. The zero-order valence-electron chi connectivity index (χ0n) is 16.8. The van der Waals surface area contributed by atoms with E-state index in [0.717, 1.165) is 0 Å². The van der Waals surface area contributed by atoms with Crippen LogP contribution in [0.5, 0.6) is 0 Å². The zero-order chi connectivity index (χ0) is 22.2. The first-order valence-corrected chi connectivity index (χ1v) is 12.2. The van der Waals surface area contributed by atoms with Gasteiger partial charge in [-0.05, 0) is 37.3 Å². The lowest BCUT2D eigenvalue weighted by Gasteiger charge is -2.18. The third-order valence-corrected chi connectivity index (χ3v) is 8.47. The maximum atomic E-state index is 13.8. The first kappa shape index (κ1) is 21.5. The first-order valence-electron chi connectivity index (χ1n) is 9.37. The van der Waals surface area contributed by atoms with Crippen molar-refractivity contribution in [3.8, 4) is 0 Å². The molecule has 1 unspecified atom stereocenters. The number of benzene rings is 2. The predicted molar refractivity (Wildman–Crippen MR) is 121 cm³/mol. The molecule has 0 aliphatic rings. The zero-order valence-corrected chi connectivity index (χ0v) is 19.2. The number of thiazole rings is 1. The van der Waals surface area contributed by atoms with Crippen LogP contribution in [0.25, 0.3) is 10.9 Å². The number of rotatable bonds is 6. The van der Waals surface area contributed by atoms with Crippen molar-refractivity contribution in [3.05, 3.63) is 81.4 Å². The number of carbonyl (C=O) groups is 1. The summed E-state index contributed by atoms with van der Waals surface area (Å²) in [6.45, 7) is 1.77. The standard InChI is InChI=1S/C22H19ClN2O4S2/c1-14-21(17-10-15(23)8-9-18(17)25(14)12-20(26)29-2)22(19-11-24-13-30-19)31(27,28)16-6-4-3-5-7-16/h3-11,13,22H,12H2,1-2H3. The molecule has 2 aromatic carbocycles. The maximum absolute atomic E-state index is 13.8. The number of fused-ring (bicyclic) bond motifs is 1. The lowest BCUT2D eigenvalue weighted by Crippen LogP contribution is -2.17. The molecular formula is C22H19ClN2O4S2. The Labute approximate surface area is 189 Å². The van der Waals surface area contributed by atoms with Crippen LogP contribution in [0.4, 0.5) is 0 Å². The highest BCUT2D eigenvalue weighted by Gasteiger charge is 2.36. The molecule has 4 rings (SSSR count). The second-order valence-electron chi connectivity index (χ2n) is 6.96. The van der Waals surface area contributed by atoms with Crippen LogP contribution in [0, 0.1) is 6.92 Å². The molecular weight excluding hydrogens is 456 g/mol. The minimum Gasteiger partial charge on any atom is -0.468 e. The molecule has 0 amide bonds. The smallest absolute Gasteiger partial charge is 0.325 e. The molecule has 0 saturated carbocycles. The van der Waals surface area contributed by atoms with Gasteiger partial charge in [-0.1, -0.05) is 29.8 Å². The predicted octanol–water partition coefficient (Wildman–Crippen LogP) is 4.80. The average molecular weight is 475 g/mol. The number of carbonyl (C=O) groups excluding carboxylic acids is 1. The van der Waals surface area contributed by atoms with Gasteiger partial charge in [0.25, 0.3) is 0 Å². The fourth-order valence-corrected chi connectivity index (χ4v) is 6.87. The molecule has 0 radical (unpaired) electrons. The Bertz CT molecular complexity index is 1350. The summed E-state index contributed by atoms with van der Waals surface area (Å²) in [5.41, 5.74) is 3.55. The second kappa shape index (κ2) is 8.45. The van der Waals surface area contributed by atoms with Crippen LogP contribution in [-0.4, -0.2) is 31.0 Å². The molecule has 160 valence electrons. The van der Waals surface area contributed by atoms with Gasteiger partial charge in [0.05, 0.1) is 17.5 Å². The highest BCUT2D eigenvalue weighted by molar-refractivity contribution is 7.92. The fraction of sp³-hybridized carbons (Fsp3) is 0.182. The summed E-state index contributed by atoms with van der Waals surface area (Å²) in [7, 11) is -2.51. The largest absolute Gasteiger partial charge is 0.468 e. The van der Waals surface area contributed by atoms with Gasteiger partial charge in [0.15, 0.2) is 9.84 Å². The number of hydrogen-bond donors (Lipinski definition) is 0. The average Bonchev–Trinajstić information content (AvgIpc) is 3.37. The van der Waals surface area contributed by atoms with Gasteiger partial charge in [0, 0.05) is 38.3 Å². The highest BCUT2D eigenvalue weighted by Crippen LogP contribution is 2.43. The van der Waals surface area contributed by atoms with Crippen LogP contribution in [0.1, 0.15) is 21.4 Å². The number of esters is 1. The summed E-state index contributed by atoms with van der Waals surface area (Å²) in [5, 5.41) is 0.151. The van der Waals surface area contributed by atoms with E-state index in [2.05, 4.69) is 4.98 Å². The quantitative estimate of drug-likeness (QED) is 0.375. The molecule has 0 spiro atoms. The Hall–Kier alpha value is -2.68. The van der Waals surface area contributed by atoms with Crippen molar-refractivity contribution >= 4 is 49.6 Å². The Balaban J connectivity index is 2.05. The number of hydrogen-bond acceptors (Lipinski definition) is 6. The summed E-state index contributed by atoms with van der Waals surface area (Å²) in [5.74, 6) is -0.429. The molecule has 1 atom stereocenters. The topological polar surface area (TPSA) is 78.3 Å². The van der Waals surface area contributed by atoms with Crippen LogP contribution in [0.3, 0.4) is 0 Å². The Morgan fingerprint density at radius 1 is 1.23 bits per heavy atom. The first-order chi connectivity index (χ1) is 14.8. The summed E-state index contributed by atoms with van der Waals surface area (Å²) in [6.07, 6.45) is 1.57. The van der Waals surface area contributed by atoms with Gasteiger partial charge in [0.2, 0.25) is 0 Å². The minimum atomic E-state index is -3.83. The van der Waals surface area contributed by atoms with Gasteiger partial charge in [-0.15, -0.1) is 11.3 Å². The van der Waals surface area contributed by atoms with E-state index in [9.17, 15) is 13.2 Å². The van der Waals surface area contributed by atoms with E-state index in [1.54, 1.807) is 71.7 Å². The van der Waals surface area contributed by atoms with Crippen LogP contribution >= 0.6 is 22.9 Å². The van der Waals surface area contributed by atoms with E-state index in [1.807, 2.05) is 0 Å². The van der Waals surface area contributed by atoms with E-state index in [4.69, 9.17) is 16.3 Å². The molecule has 0 fully saturated rings. The molecule has 6 nitrogen and oxygen atoms in total. The van der Waals surface area contributed by atoms with E-state index in [-0.39, 0.29) is 11.4 Å². The molecule has 2 aromatic heterocycles. The Morgan fingerprint density at radius 2 is 1.97 bits per heavy atom. The van der Waals surface area contributed by atoms with Gasteiger partial charge >= 0.3 is 5.97 Å². The van der Waals surface area contributed by atoms with E-state index in [1.165, 1.54) is 18.4 Å². The third-order valence-electron chi connectivity index (χ3n) is 5.20. The van der Waals surface area contributed by atoms with Gasteiger partial charge < -0.3 is 9.30 Å². The van der Waals surface area contributed by atoms with Gasteiger partial charge in [-0.2, -0.15) is 0 Å². The van der Waals surface area contributed by atoms with Crippen molar-refractivity contribution in [2.45, 2.75) is 23.6 Å². The van der Waals surface area contributed by atoms with Crippen LogP contribution in [-0.2, 0) is 25.9 Å². The highest BCUT2D eigenvalue weighted by atomic mass is 35.5. The molecule has 0 bridgehead atoms. The van der Waals surface area contributed by atoms with Crippen molar-refractivity contribution in [3.63, 3.8) is 0 Å². The minimum absolute atomic E-state index is 0.0404. The molecule has 31 heavy (non-hydrogen) atoms. The lowest BCUT2D eigenvalue weighted by molar-refractivity contribution is -0.141. The van der Waals surface area contributed by atoms with Crippen molar-refractivity contribution < 1.29 is 17.9 Å². The summed E-state index contributed by atoms with van der Waals surface area (Å²) in [4.78, 5) is 17.0. The van der Waals surface area contributed by atoms with Crippen molar-refractivity contribution in [1.82, 2.24) is 9.55 Å². The van der Waals surface area contributed by atoms with Gasteiger partial charge in [-0.25, -0.2) is 8.42 Å². The number of nitrogens with zero attached hydrogens (tertiary/aromatic N) is 2. The van der Waals surface area contributed by atoms with Crippen LogP contribution < -0.4 is 0 Å². The fourth-order valence-electron chi connectivity index (χ4n) is 3.76. The summed E-state index contributed by atoms with van der Waals surface area (Å²) in [6, 6.07) is 13.6. The van der Waals surface area contributed by atoms with Gasteiger partial charge in [0.1, 0.15) is 11.8 Å². The van der Waals surface area contributed by atoms with E-state index < -0.39 is 21.1 Å². The van der Waals surface area contributed by atoms with E-state index in [0.29, 0.717) is 32.1 Å². The molecule has 0 aliphatic heterocycles. The number of methoxy groups -OCH3 is 1. The maximum Gasteiger partial charge on any atom is 0.325 e. The molecule has 2 heterocycles. The van der Waals surface area contributed by atoms with Crippen LogP contribution in [0.2, 0.25) is 5.02 Å². The van der Waals surface area contributed by atoms with Crippen LogP contribution in [0.15, 0.2) is 65.1 Å². The number of ether oxygens (including phenoxy) is 1. The normalized spacial score (nSPS) is 12.7. The third kappa shape index (κ3) is 3.86. The molecule has 0 saturated heterocycles. The molecule has 4 aromatic rings. The Kier molecular flexibility index (Phi) is 5.88. The second-order valence-corrected chi connectivity index (χ2v) is 10.4. The van der Waals surface area contributed by atoms with Crippen molar-refractivity contribution in [2.75, 3.05) is 7.11 Å². The number of sulfone groups is 1. The summed E-state index contributed by atoms with van der Waals surface area (Å²) < 4.78 is 34.3.